The van der Waals surface area contributed by atoms with E-state index >= 15 is 0 Å². The summed E-state index contributed by atoms with van der Waals surface area (Å²) < 4.78 is 10.5. The van der Waals surface area contributed by atoms with E-state index in [1.165, 1.54) is 6.07 Å². The van der Waals surface area contributed by atoms with Crippen LogP contribution in [0.3, 0.4) is 0 Å². The average Bonchev–Trinajstić information content (AvgIpc) is 3.17. The third-order valence-electron chi connectivity index (χ3n) is 5.16. The Morgan fingerprint density at radius 2 is 1.97 bits per heavy atom. The van der Waals surface area contributed by atoms with Gasteiger partial charge in [-0.15, -0.1) is 0 Å². The summed E-state index contributed by atoms with van der Waals surface area (Å²) in [5, 5.41) is 13.6. The summed E-state index contributed by atoms with van der Waals surface area (Å²) in [5.74, 6) is -0.350. The maximum absolute atomic E-state index is 12.3. The molecule has 2 N–H and O–H groups in total. The van der Waals surface area contributed by atoms with Crippen molar-refractivity contribution in [1.29, 1.82) is 0 Å². The highest BCUT2D eigenvalue weighted by Crippen LogP contribution is 2.36. The highest BCUT2D eigenvalue weighted by atomic mass is 16.6. The van der Waals surface area contributed by atoms with E-state index in [0.29, 0.717) is 24.2 Å². The van der Waals surface area contributed by atoms with Gasteiger partial charge in [0.05, 0.1) is 18.2 Å². The Morgan fingerprint density at radius 1 is 1.25 bits per heavy atom. The number of nitrogens with one attached hydrogen (secondary N) is 1. The molecule has 1 fully saturated rings. The maximum Gasteiger partial charge on any atom is 0.407 e. The number of rotatable bonds is 6. The molecule has 3 rings (SSSR count). The fourth-order valence-electron chi connectivity index (χ4n) is 3.86. The lowest BCUT2D eigenvalue weighted by Gasteiger charge is -2.29. The number of hydrogen-bond acceptors (Lipinski definition) is 7. The third-order valence-corrected chi connectivity index (χ3v) is 5.16. The molecular weight excluding hydrogens is 410 g/mol. The number of likely N-dealkylation sites (tertiary alicyclic amines) is 1. The van der Waals surface area contributed by atoms with E-state index in [-0.39, 0.29) is 24.4 Å². The van der Waals surface area contributed by atoms with Gasteiger partial charge in [0.1, 0.15) is 11.4 Å². The Balaban J connectivity index is 1.87. The lowest BCUT2D eigenvalue weighted by Crippen LogP contribution is -2.41. The second kappa shape index (κ2) is 9.99. The van der Waals surface area contributed by atoms with Gasteiger partial charge >= 0.3 is 12.1 Å². The first kappa shape index (κ1) is 23.5. The Kier molecular flexibility index (Phi) is 7.35. The van der Waals surface area contributed by atoms with Gasteiger partial charge in [-0.1, -0.05) is 0 Å². The first-order valence-electron chi connectivity index (χ1n) is 10.8. The van der Waals surface area contributed by atoms with Gasteiger partial charge < -0.3 is 19.9 Å². The molecule has 1 saturated heterocycles. The third kappa shape index (κ3) is 5.97. The van der Waals surface area contributed by atoms with Gasteiger partial charge in [0.15, 0.2) is 0 Å². The second-order valence-electron chi connectivity index (χ2n) is 8.80. The standard InChI is InChI=1S/C24H31N3O5/c1-5-31-22(29)17-6-7-20(28)19(14-17)21(16-8-11-25-12-9-16)27-13-10-18(15-27)26-23(30)32-24(2,3)4/h6-9,11-12,14,18,21,28H,5,10,13,15H2,1-4H3,(H,26,30)/t18-,21?/m1/s1. The normalized spacial score (nSPS) is 17.6. The molecular formula is C24H31N3O5. The largest absolute Gasteiger partial charge is 0.508 e. The average molecular weight is 442 g/mol. The smallest absolute Gasteiger partial charge is 0.407 e. The molecule has 0 aliphatic carbocycles. The number of phenolic OH excluding ortho intramolecular Hbond substituents is 1. The number of pyridine rings is 1. The van der Waals surface area contributed by atoms with Gasteiger partial charge in [-0.05, 0) is 70.0 Å². The summed E-state index contributed by atoms with van der Waals surface area (Å²) in [4.78, 5) is 30.8. The van der Waals surface area contributed by atoms with Crippen LogP contribution in [0, 0.1) is 0 Å². The van der Waals surface area contributed by atoms with Crippen molar-refractivity contribution in [1.82, 2.24) is 15.2 Å². The van der Waals surface area contributed by atoms with Crippen LogP contribution in [0.5, 0.6) is 5.75 Å². The van der Waals surface area contributed by atoms with Crippen LogP contribution in [0.4, 0.5) is 4.79 Å². The van der Waals surface area contributed by atoms with Gasteiger partial charge in [0.25, 0.3) is 0 Å². The molecule has 0 radical (unpaired) electrons. The fraction of sp³-hybridized carbons (Fsp3) is 0.458. The summed E-state index contributed by atoms with van der Waals surface area (Å²) in [7, 11) is 0. The molecule has 1 aromatic carbocycles. The molecule has 1 aliphatic heterocycles. The molecule has 2 aromatic rings. The van der Waals surface area contributed by atoms with Gasteiger partial charge in [0.2, 0.25) is 0 Å². The van der Waals surface area contributed by atoms with Gasteiger partial charge in [-0.3, -0.25) is 9.88 Å². The van der Waals surface area contributed by atoms with Gasteiger partial charge in [0, 0.05) is 37.1 Å². The van der Waals surface area contributed by atoms with E-state index in [1.807, 2.05) is 32.9 Å². The zero-order chi connectivity index (χ0) is 23.3. The molecule has 0 saturated carbocycles. The van der Waals surface area contributed by atoms with Crippen molar-refractivity contribution in [2.75, 3.05) is 19.7 Å². The minimum absolute atomic E-state index is 0.0865. The van der Waals surface area contributed by atoms with E-state index in [2.05, 4.69) is 15.2 Å². The van der Waals surface area contributed by atoms with Crippen LogP contribution < -0.4 is 5.32 Å². The molecule has 1 aliphatic rings. The van der Waals surface area contributed by atoms with Crippen LogP contribution in [-0.4, -0.2) is 58.4 Å². The van der Waals surface area contributed by atoms with Crippen molar-refractivity contribution in [3.63, 3.8) is 0 Å². The van der Waals surface area contributed by atoms with Crippen molar-refractivity contribution in [3.05, 3.63) is 59.4 Å². The van der Waals surface area contributed by atoms with Crippen LogP contribution in [0.2, 0.25) is 0 Å². The summed E-state index contributed by atoms with van der Waals surface area (Å²) >= 11 is 0. The minimum atomic E-state index is -0.568. The SMILES string of the molecule is CCOC(=O)c1ccc(O)c(C(c2ccncc2)N2CC[C@@H](NC(=O)OC(C)(C)C)C2)c1. The van der Waals surface area contributed by atoms with Crippen LogP contribution >= 0.6 is 0 Å². The molecule has 8 heteroatoms. The van der Waals surface area contributed by atoms with Crippen molar-refractivity contribution in [2.45, 2.75) is 51.8 Å². The van der Waals surface area contributed by atoms with Crippen molar-refractivity contribution in [2.24, 2.45) is 0 Å². The number of nitrogens with zero attached hydrogens (tertiary/aromatic N) is 2. The molecule has 2 atom stereocenters. The predicted octanol–water partition coefficient (Wildman–Crippen LogP) is 3.65. The van der Waals surface area contributed by atoms with E-state index in [0.717, 1.165) is 12.0 Å². The zero-order valence-corrected chi connectivity index (χ0v) is 19.0. The fourth-order valence-corrected chi connectivity index (χ4v) is 3.86. The topological polar surface area (TPSA) is 101 Å². The van der Waals surface area contributed by atoms with E-state index in [1.54, 1.807) is 31.5 Å². The van der Waals surface area contributed by atoms with Crippen LogP contribution in [0.25, 0.3) is 0 Å². The number of carbonyl (C=O) groups excluding carboxylic acids is 2. The first-order chi connectivity index (χ1) is 15.2. The van der Waals surface area contributed by atoms with Crippen LogP contribution in [0.1, 0.15) is 61.6 Å². The highest BCUT2D eigenvalue weighted by Gasteiger charge is 2.33. The number of esters is 1. The van der Waals surface area contributed by atoms with Gasteiger partial charge in [-0.25, -0.2) is 9.59 Å². The highest BCUT2D eigenvalue weighted by molar-refractivity contribution is 5.90. The Morgan fingerprint density at radius 3 is 2.62 bits per heavy atom. The molecule has 32 heavy (non-hydrogen) atoms. The number of benzene rings is 1. The Hall–Kier alpha value is -3.13. The number of carbonyl (C=O) groups is 2. The molecule has 0 bridgehead atoms. The molecule has 1 amide bonds. The zero-order valence-electron chi connectivity index (χ0n) is 19.0. The number of hydrogen-bond donors (Lipinski definition) is 2. The monoisotopic (exact) mass is 441 g/mol. The molecule has 0 spiro atoms. The number of aromatic hydroxyl groups is 1. The maximum atomic E-state index is 12.3. The Labute approximate surface area is 188 Å². The van der Waals surface area contributed by atoms with E-state index in [9.17, 15) is 14.7 Å². The van der Waals surface area contributed by atoms with E-state index < -0.39 is 17.7 Å². The summed E-state index contributed by atoms with van der Waals surface area (Å²) in [6.07, 6.45) is 3.68. The van der Waals surface area contributed by atoms with Crippen LogP contribution in [0.15, 0.2) is 42.7 Å². The molecule has 1 unspecified atom stereocenters. The molecule has 8 nitrogen and oxygen atoms in total. The number of alkyl carbamates (subject to hydrolysis) is 1. The lowest BCUT2D eigenvalue weighted by atomic mass is 9.95. The second-order valence-corrected chi connectivity index (χ2v) is 8.80. The van der Waals surface area contributed by atoms with Gasteiger partial charge in [-0.2, -0.15) is 0 Å². The summed E-state index contributed by atoms with van der Waals surface area (Å²) in [6.45, 7) is 8.75. The minimum Gasteiger partial charge on any atom is -0.508 e. The van der Waals surface area contributed by atoms with E-state index in [4.69, 9.17) is 9.47 Å². The number of phenols is 1. The molecule has 1 aromatic heterocycles. The summed E-state index contributed by atoms with van der Waals surface area (Å²) in [6, 6.07) is 8.10. The number of aromatic nitrogens is 1. The molecule has 2 heterocycles. The van der Waals surface area contributed by atoms with Crippen molar-refractivity contribution in [3.8, 4) is 5.75 Å². The van der Waals surface area contributed by atoms with Crippen molar-refractivity contribution < 1.29 is 24.2 Å². The quantitative estimate of drug-likeness (QED) is 0.660. The predicted molar refractivity (Wildman–Crippen MR) is 119 cm³/mol. The van der Waals surface area contributed by atoms with Crippen LogP contribution in [-0.2, 0) is 9.47 Å². The Bertz CT molecular complexity index is 942. The summed E-state index contributed by atoms with van der Waals surface area (Å²) in [5.41, 5.74) is 1.33. The number of ether oxygens (including phenoxy) is 2. The first-order valence-corrected chi connectivity index (χ1v) is 10.8. The molecule has 172 valence electrons. The number of amides is 1. The lowest BCUT2D eigenvalue weighted by molar-refractivity contribution is 0.0499. The van der Waals surface area contributed by atoms with Crippen molar-refractivity contribution >= 4 is 12.1 Å².